The van der Waals surface area contributed by atoms with E-state index in [4.69, 9.17) is 0 Å². The van der Waals surface area contributed by atoms with Gasteiger partial charge in [-0.15, -0.1) is 0 Å². The molecule has 1 saturated heterocycles. The van der Waals surface area contributed by atoms with Gasteiger partial charge in [-0.1, -0.05) is 30.3 Å². The lowest BCUT2D eigenvalue weighted by molar-refractivity contribution is 0.0721. The van der Waals surface area contributed by atoms with Gasteiger partial charge in [0.25, 0.3) is 5.91 Å². The molecule has 0 bridgehead atoms. The van der Waals surface area contributed by atoms with Crippen LogP contribution in [0.25, 0.3) is 10.9 Å². The first-order chi connectivity index (χ1) is 14.7. The number of amides is 3. The van der Waals surface area contributed by atoms with Crippen molar-refractivity contribution in [3.8, 4) is 0 Å². The first kappa shape index (κ1) is 18.7. The Morgan fingerprint density at radius 1 is 0.900 bits per heavy atom. The molecule has 3 heterocycles. The van der Waals surface area contributed by atoms with Crippen LogP contribution in [0, 0.1) is 0 Å². The molecule has 0 spiro atoms. The molecule has 1 aromatic heterocycles. The number of para-hydroxylation sites is 1. The van der Waals surface area contributed by atoms with E-state index in [0.29, 0.717) is 13.1 Å². The molecular weight excluding hydrogens is 376 g/mol. The topological polar surface area (TPSA) is 68.4 Å². The van der Waals surface area contributed by atoms with Crippen molar-refractivity contribution < 1.29 is 9.59 Å². The quantitative estimate of drug-likeness (QED) is 0.668. The van der Waals surface area contributed by atoms with Crippen molar-refractivity contribution in [1.82, 2.24) is 14.8 Å². The molecule has 2 aliphatic rings. The van der Waals surface area contributed by atoms with Gasteiger partial charge in [0.15, 0.2) is 0 Å². The van der Waals surface area contributed by atoms with Gasteiger partial charge in [-0.3, -0.25) is 4.79 Å². The van der Waals surface area contributed by atoms with Gasteiger partial charge in [0.2, 0.25) is 0 Å². The van der Waals surface area contributed by atoms with E-state index in [9.17, 15) is 9.59 Å². The van der Waals surface area contributed by atoms with Crippen molar-refractivity contribution in [3.05, 3.63) is 65.4 Å². The minimum Gasteiger partial charge on any atom is -0.359 e. The summed E-state index contributed by atoms with van der Waals surface area (Å²) in [6.45, 7) is 2.75. The molecule has 30 heavy (non-hydrogen) atoms. The Kier molecular flexibility index (Phi) is 4.91. The highest BCUT2D eigenvalue weighted by Gasteiger charge is 2.27. The highest BCUT2D eigenvalue weighted by molar-refractivity contribution is 6.01. The summed E-state index contributed by atoms with van der Waals surface area (Å²) in [5, 5.41) is 4.03. The number of hydrogen-bond acceptors (Lipinski definition) is 2. The molecule has 5 rings (SSSR count). The third-order valence-electron chi connectivity index (χ3n) is 6.26. The number of likely N-dealkylation sites (tertiary alicyclic amines) is 1. The fourth-order valence-electron chi connectivity index (χ4n) is 4.59. The smallest absolute Gasteiger partial charge is 0.322 e. The number of fused-ring (bicyclic) bond motifs is 2. The van der Waals surface area contributed by atoms with Gasteiger partial charge in [-0.2, -0.15) is 0 Å². The number of carbonyl (C=O) groups is 2. The number of aromatic amines is 1. The molecule has 1 fully saturated rings. The molecule has 0 radical (unpaired) electrons. The van der Waals surface area contributed by atoms with Gasteiger partial charge in [-0.05, 0) is 48.9 Å². The molecule has 0 unspecified atom stereocenters. The lowest BCUT2D eigenvalue weighted by atomic mass is 9.94. The van der Waals surface area contributed by atoms with Crippen LogP contribution in [0.1, 0.15) is 40.7 Å². The van der Waals surface area contributed by atoms with Crippen LogP contribution in [0.2, 0.25) is 0 Å². The number of nitrogens with zero attached hydrogens (tertiary/aromatic N) is 2. The van der Waals surface area contributed by atoms with Crippen molar-refractivity contribution in [1.29, 1.82) is 0 Å². The molecule has 0 saturated carbocycles. The second-order valence-corrected chi connectivity index (χ2v) is 8.15. The van der Waals surface area contributed by atoms with Crippen molar-refractivity contribution in [2.75, 3.05) is 25.0 Å². The maximum absolute atomic E-state index is 13.2. The summed E-state index contributed by atoms with van der Waals surface area (Å²) in [6, 6.07) is 13.7. The highest BCUT2D eigenvalue weighted by atomic mass is 16.2. The summed E-state index contributed by atoms with van der Waals surface area (Å²) in [7, 11) is 0. The molecule has 2 aliphatic heterocycles. The third-order valence-corrected chi connectivity index (χ3v) is 6.26. The number of rotatable bonds is 2. The Morgan fingerprint density at radius 3 is 2.60 bits per heavy atom. The normalized spacial score (nSPS) is 16.4. The summed E-state index contributed by atoms with van der Waals surface area (Å²) >= 11 is 0. The summed E-state index contributed by atoms with van der Waals surface area (Å²) in [5.74, 6) is 0.102. The molecule has 2 N–H and O–H groups in total. The molecule has 6 nitrogen and oxygen atoms in total. The zero-order chi connectivity index (χ0) is 20.5. The van der Waals surface area contributed by atoms with Gasteiger partial charge in [0, 0.05) is 48.8 Å². The third kappa shape index (κ3) is 3.43. The van der Waals surface area contributed by atoms with E-state index in [1.807, 2.05) is 47.5 Å². The Hall–Kier alpha value is -3.28. The van der Waals surface area contributed by atoms with Gasteiger partial charge in [-0.25, -0.2) is 4.79 Å². The number of benzene rings is 2. The van der Waals surface area contributed by atoms with Crippen LogP contribution in [0.5, 0.6) is 0 Å². The zero-order valence-corrected chi connectivity index (χ0v) is 17.0. The zero-order valence-electron chi connectivity index (χ0n) is 17.0. The van der Waals surface area contributed by atoms with Crippen LogP contribution >= 0.6 is 0 Å². The fraction of sp³-hybridized carbons (Fsp3) is 0.333. The van der Waals surface area contributed by atoms with Crippen LogP contribution in [-0.2, 0) is 13.0 Å². The summed E-state index contributed by atoms with van der Waals surface area (Å²) in [6.07, 6.45) is 5.92. The number of nitrogens with one attached hydrogen (secondary N) is 2. The fourth-order valence-corrected chi connectivity index (χ4v) is 4.59. The Morgan fingerprint density at radius 2 is 1.73 bits per heavy atom. The minimum atomic E-state index is -0.134. The summed E-state index contributed by atoms with van der Waals surface area (Å²) < 4.78 is 0. The Balaban J connectivity index is 1.36. The average Bonchev–Trinajstić information content (AvgIpc) is 3.21. The van der Waals surface area contributed by atoms with E-state index in [0.717, 1.165) is 60.1 Å². The Labute approximate surface area is 175 Å². The summed E-state index contributed by atoms with van der Waals surface area (Å²) in [4.78, 5) is 33.1. The van der Waals surface area contributed by atoms with Gasteiger partial charge >= 0.3 is 6.03 Å². The van der Waals surface area contributed by atoms with E-state index < -0.39 is 0 Å². The Bertz CT molecular complexity index is 1100. The molecule has 0 atom stereocenters. The number of H-pyrrole nitrogens is 1. The minimum absolute atomic E-state index is 0.102. The van der Waals surface area contributed by atoms with E-state index in [1.165, 1.54) is 12.0 Å². The standard InChI is InChI=1S/C24H26N4O2/c29-23(27-12-4-1-5-13-27)18-9-6-7-17-11-14-28(16-20(17)18)24(30)26-22-15-25-21-10-3-2-8-19(21)22/h2-3,6-10,15,25H,1,4-5,11-14,16H2,(H,26,30). The largest absolute Gasteiger partial charge is 0.359 e. The summed E-state index contributed by atoms with van der Waals surface area (Å²) in [5.41, 5.74) is 4.69. The van der Waals surface area contributed by atoms with Crippen molar-refractivity contribution >= 4 is 28.5 Å². The molecule has 154 valence electrons. The lowest BCUT2D eigenvalue weighted by Gasteiger charge is -2.32. The van der Waals surface area contributed by atoms with Crippen LogP contribution in [0.3, 0.4) is 0 Å². The molecule has 3 amide bonds. The number of carbonyl (C=O) groups excluding carboxylic acids is 2. The predicted molar refractivity (Wildman–Crippen MR) is 118 cm³/mol. The van der Waals surface area contributed by atoms with Gasteiger partial charge in [0.1, 0.15) is 0 Å². The van der Waals surface area contributed by atoms with Gasteiger partial charge < -0.3 is 20.1 Å². The predicted octanol–water partition coefficient (Wildman–Crippen LogP) is 4.38. The van der Waals surface area contributed by atoms with E-state index in [2.05, 4.69) is 16.4 Å². The van der Waals surface area contributed by atoms with Gasteiger partial charge in [0.05, 0.1) is 5.69 Å². The highest BCUT2D eigenvalue weighted by Crippen LogP contribution is 2.27. The first-order valence-electron chi connectivity index (χ1n) is 10.7. The van der Waals surface area contributed by atoms with E-state index >= 15 is 0 Å². The second kappa shape index (κ2) is 7.86. The number of urea groups is 1. The van der Waals surface area contributed by atoms with E-state index in [-0.39, 0.29) is 11.9 Å². The number of anilines is 1. The van der Waals surface area contributed by atoms with E-state index in [1.54, 1.807) is 4.90 Å². The van der Waals surface area contributed by atoms with Crippen LogP contribution < -0.4 is 5.32 Å². The lowest BCUT2D eigenvalue weighted by Crippen LogP contribution is -2.41. The average molecular weight is 402 g/mol. The number of aromatic nitrogens is 1. The number of piperidine rings is 1. The number of hydrogen-bond donors (Lipinski definition) is 2. The molecule has 0 aliphatic carbocycles. The molecular formula is C24H26N4O2. The maximum atomic E-state index is 13.2. The van der Waals surface area contributed by atoms with Crippen LogP contribution in [0.15, 0.2) is 48.7 Å². The first-order valence-corrected chi connectivity index (χ1v) is 10.7. The molecule has 6 heteroatoms. The van der Waals surface area contributed by atoms with Crippen LogP contribution in [0.4, 0.5) is 10.5 Å². The SMILES string of the molecule is O=C(Nc1c[nH]c2ccccc12)N1CCc2cccc(C(=O)N3CCCCC3)c2C1. The van der Waals surface area contributed by atoms with Crippen molar-refractivity contribution in [3.63, 3.8) is 0 Å². The second-order valence-electron chi connectivity index (χ2n) is 8.15. The van der Waals surface area contributed by atoms with Crippen molar-refractivity contribution in [2.24, 2.45) is 0 Å². The monoisotopic (exact) mass is 402 g/mol. The molecule has 2 aromatic carbocycles. The van der Waals surface area contributed by atoms with Crippen LogP contribution in [-0.4, -0.2) is 46.4 Å². The molecule has 3 aromatic rings. The maximum Gasteiger partial charge on any atom is 0.322 e. The van der Waals surface area contributed by atoms with Crippen molar-refractivity contribution in [2.45, 2.75) is 32.2 Å².